The number of amides is 2. The molecular weight excluding hydrogens is 489 g/mol. The average molecular weight is 503 g/mol. The summed E-state index contributed by atoms with van der Waals surface area (Å²) in [6, 6.07) is 0.385. The summed E-state index contributed by atoms with van der Waals surface area (Å²) < 4.78 is 54.8. The van der Waals surface area contributed by atoms with E-state index >= 15 is 0 Å². The quantitative estimate of drug-likeness (QED) is 0.499. The Labute approximate surface area is 181 Å². The second kappa shape index (κ2) is 7.58. The first-order valence-corrected chi connectivity index (χ1v) is 9.93. The van der Waals surface area contributed by atoms with E-state index in [1.165, 1.54) is 42.5 Å². The number of urea groups is 1. The molecule has 1 aromatic carbocycles. The molecule has 12 heteroatoms. The maximum absolute atomic E-state index is 15.0. The number of nitrogens with zero attached hydrogens (tertiary/aromatic N) is 4. The molecule has 2 amide bonds. The third-order valence-electron chi connectivity index (χ3n) is 4.86. The number of rotatable bonds is 4. The van der Waals surface area contributed by atoms with E-state index < -0.39 is 23.4 Å². The topological polar surface area (TPSA) is 59.8 Å². The number of anilines is 2. The summed E-state index contributed by atoms with van der Waals surface area (Å²) in [4.78, 5) is 19.6. The van der Waals surface area contributed by atoms with E-state index in [0.29, 0.717) is 26.8 Å². The van der Waals surface area contributed by atoms with Gasteiger partial charge in [-0.2, -0.15) is 0 Å². The molecule has 0 aliphatic carbocycles. The molecule has 0 fully saturated rings. The van der Waals surface area contributed by atoms with Crippen LogP contribution in [0.4, 0.5) is 28.8 Å². The molecule has 0 bridgehead atoms. The summed E-state index contributed by atoms with van der Waals surface area (Å²) in [7, 11) is 3.92. The first-order chi connectivity index (χ1) is 14.3. The molecule has 7 nitrogen and oxygen atoms in total. The first kappa shape index (κ1) is 20.7. The van der Waals surface area contributed by atoms with Crippen LogP contribution >= 0.6 is 28.3 Å². The highest BCUT2D eigenvalue weighted by Gasteiger charge is 2.36. The molecule has 1 aliphatic heterocycles. The number of halogens is 4. The van der Waals surface area contributed by atoms with Crippen LogP contribution in [0.25, 0.3) is 11.0 Å². The van der Waals surface area contributed by atoms with Gasteiger partial charge in [0.1, 0.15) is 5.69 Å². The molecule has 0 unspecified atom stereocenters. The first-order valence-electron chi connectivity index (χ1n) is 8.46. The molecule has 30 heavy (non-hydrogen) atoms. The maximum Gasteiger partial charge on any atom is 0.329 e. The van der Waals surface area contributed by atoms with E-state index in [4.69, 9.17) is 9.47 Å². The van der Waals surface area contributed by atoms with E-state index in [9.17, 15) is 17.5 Å². The Morgan fingerprint density at radius 1 is 1.17 bits per heavy atom. The molecule has 3 heterocycles. The Balaban J connectivity index is 1.92. The van der Waals surface area contributed by atoms with Crippen LogP contribution in [-0.4, -0.2) is 36.3 Å². The summed E-state index contributed by atoms with van der Waals surface area (Å²) >= 11 is 3.33. The predicted molar refractivity (Wildman–Crippen MR) is 111 cm³/mol. The van der Waals surface area contributed by atoms with Gasteiger partial charge in [0.25, 0.3) is 0 Å². The molecule has 2 aromatic heterocycles. The Bertz CT molecular complexity index is 1160. The molecule has 1 aliphatic rings. The van der Waals surface area contributed by atoms with Gasteiger partial charge in [-0.05, 0) is 15.9 Å². The van der Waals surface area contributed by atoms with Gasteiger partial charge in [-0.25, -0.2) is 22.5 Å². The second-order valence-electron chi connectivity index (χ2n) is 6.39. The van der Waals surface area contributed by atoms with Crippen molar-refractivity contribution in [3.8, 4) is 11.5 Å². The molecule has 0 saturated carbocycles. The number of pyridine rings is 1. The molecule has 158 valence electrons. The normalized spacial score (nSPS) is 13.8. The third-order valence-corrected chi connectivity index (χ3v) is 5.89. The average Bonchev–Trinajstić information content (AvgIpc) is 3.07. The van der Waals surface area contributed by atoms with Gasteiger partial charge < -0.3 is 9.47 Å². The third kappa shape index (κ3) is 2.88. The van der Waals surface area contributed by atoms with Crippen LogP contribution in [0.15, 0.2) is 22.9 Å². The lowest BCUT2D eigenvalue weighted by atomic mass is 10.1. The van der Waals surface area contributed by atoms with Gasteiger partial charge in [-0.3, -0.25) is 9.80 Å². The molecule has 0 radical (unpaired) electrons. The Hall–Kier alpha value is -2.60. The summed E-state index contributed by atoms with van der Waals surface area (Å²) in [5.74, 6) is -2.59. The molecule has 3 aromatic rings. The molecule has 0 spiro atoms. The number of fused-ring (bicyclic) bond motifs is 3. The number of carbonyl (C=O) groups excluding carboxylic acids is 1. The van der Waals surface area contributed by atoms with Crippen molar-refractivity contribution in [3.63, 3.8) is 0 Å². The summed E-state index contributed by atoms with van der Waals surface area (Å²) in [5, 5.41) is 0.511. The molecule has 0 saturated heterocycles. The van der Waals surface area contributed by atoms with Crippen LogP contribution < -0.4 is 19.3 Å². The van der Waals surface area contributed by atoms with Crippen LogP contribution in [-0.2, 0) is 6.54 Å². The van der Waals surface area contributed by atoms with Crippen molar-refractivity contribution in [2.24, 2.45) is 0 Å². The fourth-order valence-corrected chi connectivity index (χ4v) is 4.55. The number of ether oxygens (including phenoxy) is 2. The Morgan fingerprint density at radius 3 is 2.37 bits per heavy atom. The highest BCUT2D eigenvalue weighted by molar-refractivity contribution is 9.10. The van der Waals surface area contributed by atoms with Crippen molar-refractivity contribution in [1.29, 1.82) is 0 Å². The highest BCUT2D eigenvalue weighted by Crippen LogP contribution is 2.44. The minimum atomic E-state index is -1.03. The van der Waals surface area contributed by atoms with Crippen molar-refractivity contribution < 1.29 is 26.9 Å². The lowest BCUT2D eigenvalue weighted by Crippen LogP contribution is -2.46. The minimum Gasteiger partial charge on any atom is -0.493 e. The summed E-state index contributed by atoms with van der Waals surface area (Å²) in [6.45, 7) is -0.161. The zero-order valence-corrected chi connectivity index (χ0v) is 18.3. The number of carbonyl (C=O) groups is 1. The van der Waals surface area contributed by atoms with Crippen LogP contribution in [0.1, 0.15) is 5.56 Å². The molecule has 0 atom stereocenters. The monoisotopic (exact) mass is 502 g/mol. The lowest BCUT2D eigenvalue weighted by Gasteiger charge is -2.35. The highest BCUT2D eigenvalue weighted by atomic mass is 79.9. The molecule has 0 N–H and O–H groups in total. The Morgan fingerprint density at radius 2 is 1.80 bits per heavy atom. The van der Waals surface area contributed by atoms with Crippen molar-refractivity contribution in [3.05, 3.63) is 40.1 Å². The van der Waals surface area contributed by atoms with Crippen LogP contribution in [0.2, 0.25) is 0 Å². The SMILES string of the molecule is COc1cc(OC)c(F)c(N2Cc3cnc4c(c(Br)cn4SF)c3N(C)C2=O)c1F. The largest absolute Gasteiger partial charge is 0.493 e. The van der Waals surface area contributed by atoms with Crippen molar-refractivity contribution in [1.82, 2.24) is 8.96 Å². The fraction of sp³-hybridized carbons (Fsp3) is 0.222. The van der Waals surface area contributed by atoms with E-state index in [0.717, 1.165) is 11.0 Å². The Kier molecular flexibility index (Phi) is 5.22. The number of aromatic nitrogens is 2. The number of hydrogen-bond acceptors (Lipinski definition) is 5. The van der Waals surface area contributed by atoms with E-state index in [1.54, 1.807) is 0 Å². The molecule has 4 rings (SSSR count). The zero-order chi connectivity index (χ0) is 21.7. The zero-order valence-electron chi connectivity index (χ0n) is 15.9. The number of methoxy groups -OCH3 is 2. The minimum absolute atomic E-state index is 0.0353. The van der Waals surface area contributed by atoms with Crippen molar-refractivity contribution in [2.75, 3.05) is 31.1 Å². The van der Waals surface area contributed by atoms with E-state index in [1.807, 2.05) is 0 Å². The number of benzene rings is 1. The number of hydrogen-bond donors (Lipinski definition) is 0. The lowest BCUT2D eigenvalue weighted by molar-refractivity contribution is 0.250. The summed E-state index contributed by atoms with van der Waals surface area (Å²) in [5.41, 5.74) is 0.704. The van der Waals surface area contributed by atoms with E-state index in [2.05, 4.69) is 20.9 Å². The maximum atomic E-state index is 15.0. The van der Waals surface area contributed by atoms with Gasteiger partial charge in [-0.1, -0.05) is 0 Å². The fourth-order valence-electron chi connectivity index (χ4n) is 3.50. The van der Waals surface area contributed by atoms with Crippen LogP contribution in [0, 0.1) is 11.6 Å². The van der Waals surface area contributed by atoms with Gasteiger partial charge >= 0.3 is 6.03 Å². The predicted octanol–water partition coefficient (Wildman–Crippen LogP) is 5.05. The summed E-state index contributed by atoms with van der Waals surface area (Å²) in [6.07, 6.45) is 2.93. The van der Waals surface area contributed by atoms with Gasteiger partial charge in [0.15, 0.2) is 41.1 Å². The smallest absolute Gasteiger partial charge is 0.329 e. The van der Waals surface area contributed by atoms with Gasteiger partial charge in [0.05, 0.1) is 31.8 Å². The van der Waals surface area contributed by atoms with Gasteiger partial charge in [0, 0.05) is 35.5 Å². The van der Waals surface area contributed by atoms with Gasteiger partial charge in [0.2, 0.25) is 0 Å². The molecular formula is C18H14BrF3N4O3S. The van der Waals surface area contributed by atoms with Crippen molar-refractivity contribution >= 4 is 56.7 Å². The standard InChI is InChI=1S/C18H14BrF3N4O3S/c1-24-15-8(5-23-17-12(15)9(19)7-26(17)30-22)6-25(18(24)27)16-13(20)10(28-2)4-11(29-3)14(16)21/h4-5,7H,6H2,1-3H3. The van der Waals surface area contributed by atoms with Crippen LogP contribution in [0.5, 0.6) is 11.5 Å². The van der Waals surface area contributed by atoms with Gasteiger partial charge in [-0.15, -0.1) is 3.89 Å². The second-order valence-corrected chi connectivity index (χ2v) is 7.77. The van der Waals surface area contributed by atoms with Crippen molar-refractivity contribution in [2.45, 2.75) is 6.54 Å². The van der Waals surface area contributed by atoms with E-state index in [-0.39, 0.29) is 30.4 Å². The van der Waals surface area contributed by atoms with Crippen LogP contribution in [0.3, 0.4) is 0 Å².